The van der Waals surface area contributed by atoms with Gasteiger partial charge >= 0.3 is 17.9 Å². The van der Waals surface area contributed by atoms with Gasteiger partial charge in [0.05, 0.1) is 0 Å². The van der Waals surface area contributed by atoms with Gasteiger partial charge in [0.15, 0.2) is 6.10 Å². The lowest BCUT2D eigenvalue weighted by molar-refractivity contribution is -0.167. The second kappa shape index (κ2) is 45.5. The molecule has 0 bridgehead atoms. The van der Waals surface area contributed by atoms with Crippen molar-refractivity contribution >= 4 is 17.9 Å². The molecular formula is C51H98O6. The van der Waals surface area contributed by atoms with E-state index in [1.807, 2.05) is 0 Å². The van der Waals surface area contributed by atoms with Crippen molar-refractivity contribution in [3.63, 3.8) is 0 Å². The first-order valence-corrected chi connectivity index (χ1v) is 25.4. The van der Waals surface area contributed by atoms with E-state index in [4.69, 9.17) is 14.2 Å². The fourth-order valence-electron chi connectivity index (χ4n) is 7.66. The zero-order valence-electron chi connectivity index (χ0n) is 38.8. The number of esters is 3. The summed E-state index contributed by atoms with van der Waals surface area (Å²) in [7, 11) is 0. The molecule has 0 saturated carbocycles. The van der Waals surface area contributed by atoms with Gasteiger partial charge in [-0.3, -0.25) is 14.4 Å². The van der Waals surface area contributed by atoms with Gasteiger partial charge in [-0.15, -0.1) is 0 Å². The molecule has 0 aromatic rings. The Morgan fingerprint density at radius 1 is 0.351 bits per heavy atom. The Balaban J connectivity index is 4.32. The van der Waals surface area contributed by atoms with Crippen molar-refractivity contribution in [2.75, 3.05) is 13.2 Å². The Morgan fingerprint density at radius 2 is 0.614 bits per heavy atom. The SMILES string of the molecule is CCCCCCCCCCCCCCCCCC(=O)O[C@@H](COC(=O)CCCCCCCCCCCCCC)COC(=O)CCCCCCCCCCC(C)CC. The highest BCUT2D eigenvalue weighted by molar-refractivity contribution is 5.71. The Kier molecular flexibility index (Phi) is 44.2. The Hall–Kier alpha value is -1.59. The number of carbonyl (C=O) groups is 3. The summed E-state index contributed by atoms with van der Waals surface area (Å²) >= 11 is 0. The Labute approximate surface area is 355 Å². The van der Waals surface area contributed by atoms with Gasteiger partial charge in [-0.2, -0.15) is 0 Å². The fraction of sp³-hybridized carbons (Fsp3) is 0.941. The molecule has 0 radical (unpaired) electrons. The standard InChI is InChI=1S/C51H98O6/c1-5-8-10-12-14-16-18-20-21-22-24-26-32-36-40-44-51(54)57-48(45-55-49(52)42-38-34-30-25-23-19-17-15-13-11-9-6-2)46-56-50(53)43-39-35-31-28-27-29-33-37-41-47(4)7-3/h47-48H,5-46H2,1-4H3/t47?,48-/m0/s1. The van der Waals surface area contributed by atoms with E-state index < -0.39 is 6.10 Å². The van der Waals surface area contributed by atoms with Crippen LogP contribution in [0.3, 0.4) is 0 Å². The molecule has 6 nitrogen and oxygen atoms in total. The summed E-state index contributed by atoms with van der Waals surface area (Å²) in [6.07, 6.45) is 46.5. The summed E-state index contributed by atoms with van der Waals surface area (Å²) < 4.78 is 16.8. The molecule has 0 rings (SSSR count). The minimum atomic E-state index is -0.760. The van der Waals surface area contributed by atoms with E-state index in [0.717, 1.165) is 63.7 Å². The topological polar surface area (TPSA) is 78.9 Å². The van der Waals surface area contributed by atoms with Crippen LogP contribution in [0, 0.1) is 5.92 Å². The van der Waals surface area contributed by atoms with Crippen molar-refractivity contribution in [3.8, 4) is 0 Å². The highest BCUT2D eigenvalue weighted by atomic mass is 16.6. The average molecular weight is 807 g/mol. The van der Waals surface area contributed by atoms with E-state index in [1.165, 1.54) is 180 Å². The Bertz CT molecular complexity index is 859. The zero-order chi connectivity index (χ0) is 41.7. The lowest BCUT2D eigenvalue weighted by Crippen LogP contribution is -2.30. The zero-order valence-corrected chi connectivity index (χ0v) is 38.8. The maximum Gasteiger partial charge on any atom is 0.306 e. The molecule has 0 aromatic heterocycles. The second-order valence-corrected chi connectivity index (χ2v) is 17.7. The molecule has 0 aliphatic heterocycles. The molecule has 0 heterocycles. The van der Waals surface area contributed by atoms with Crippen molar-refractivity contribution in [1.82, 2.24) is 0 Å². The predicted octanol–water partition coefficient (Wildman–Crippen LogP) is 16.3. The van der Waals surface area contributed by atoms with E-state index in [1.54, 1.807) is 0 Å². The first-order chi connectivity index (χ1) is 27.9. The van der Waals surface area contributed by atoms with Crippen LogP contribution in [0.1, 0.15) is 285 Å². The van der Waals surface area contributed by atoms with Crippen LogP contribution < -0.4 is 0 Å². The minimum Gasteiger partial charge on any atom is -0.462 e. The average Bonchev–Trinajstić information content (AvgIpc) is 3.21. The third-order valence-electron chi connectivity index (χ3n) is 11.9. The van der Waals surface area contributed by atoms with Gasteiger partial charge < -0.3 is 14.2 Å². The maximum absolute atomic E-state index is 12.8. The summed E-state index contributed by atoms with van der Waals surface area (Å²) in [5.41, 5.74) is 0. The highest BCUT2D eigenvalue weighted by Gasteiger charge is 2.19. The predicted molar refractivity (Wildman–Crippen MR) is 243 cm³/mol. The van der Waals surface area contributed by atoms with E-state index in [9.17, 15) is 14.4 Å². The van der Waals surface area contributed by atoms with Gasteiger partial charge in [-0.1, -0.05) is 246 Å². The lowest BCUT2D eigenvalue weighted by atomic mass is 9.99. The van der Waals surface area contributed by atoms with Crippen molar-refractivity contribution in [2.24, 2.45) is 5.92 Å². The molecule has 0 aliphatic carbocycles. The molecule has 1 unspecified atom stereocenters. The normalized spacial score (nSPS) is 12.4. The largest absolute Gasteiger partial charge is 0.462 e. The van der Waals surface area contributed by atoms with E-state index >= 15 is 0 Å². The first kappa shape index (κ1) is 55.4. The van der Waals surface area contributed by atoms with Crippen molar-refractivity contribution in [1.29, 1.82) is 0 Å². The molecular weight excluding hydrogens is 709 g/mol. The van der Waals surface area contributed by atoms with Crippen LogP contribution in [-0.2, 0) is 28.6 Å². The Morgan fingerprint density at radius 3 is 0.912 bits per heavy atom. The van der Waals surface area contributed by atoms with Crippen LogP contribution in [0.2, 0.25) is 0 Å². The smallest absolute Gasteiger partial charge is 0.306 e. The summed E-state index contributed by atoms with van der Waals surface area (Å²) in [5, 5.41) is 0. The summed E-state index contributed by atoms with van der Waals surface area (Å²) in [5.74, 6) is 0.000942. The fourth-order valence-corrected chi connectivity index (χ4v) is 7.66. The van der Waals surface area contributed by atoms with Crippen LogP contribution in [0.4, 0.5) is 0 Å². The second-order valence-electron chi connectivity index (χ2n) is 17.7. The van der Waals surface area contributed by atoms with Crippen molar-refractivity contribution in [2.45, 2.75) is 291 Å². The summed E-state index contributed by atoms with van der Waals surface area (Å²) in [6.45, 7) is 9.02. The van der Waals surface area contributed by atoms with Crippen LogP contribution in [-0.4, -0.2) is 37.2 Å². The van der Waals surface area contributed by atoms with Crippen LogP contribution in [0.25, 0.3) is 0 Å². The van der Waals surface area contributed by atoms with Gasteiger partial charge in [0, 0.05) is 19.3 Å². The minimum absolute atomic E-state index is 0.0632. The number of ether oxygens (including phenoxy) is 3. The highest BCUT2D eigenvalue weighted by Crippen LogP contribution is 2.17. The molecule has 0 saturated heterocycles. The van der Waals surface area contributed by atoms with Gasteiger partial charge in [0.25, 0.3) is 0 Å². The van der Waals surface area contributed by atoms with Crippen molar-refractivity contribution in [3.05, 3.63) is 0 Å². The molecule has 57 heavy (non-hydrogen) atoms. The third kappa shape index (κ3) is 43.8. The molecule has 2 atom stereocenters. The molecule has 0 amide bonds. The quantitative estimate of drug-likeness (QED) is 0.0346. The van der Waals surface area contributed by atoms with E-state index in [0.29, 0.717) is 19.3 Å². The van der Waals surface area contributed by atoms with Crippen LogP contribution in [0.5, 0.6) is 0 Å². The molecule has 0 fully saturated rings. The number of rotatable bonds is 46. The number of unbranched alkanes of at least 4 members (excludes halogenated alkanes) is 32. The van der Waals surface area contributed by atoms with E-state index in [2.05, 4.69) is 27.7 Å². The van der Waals surface area contributed by atoms with Gasteiger partial charge in [-0.05, 0) is 25.2 Å². The maximum atomic E-state index is 12.8. The summed E-state index contributed by atoms with van der Waals surface area (Å²) in [6, 6.07) is 0. The summed E-state index contributed by atoms with van der Waals surface area (Å²) in [4.78, 5) is 37.9. The van der Waals surface area contributed by atoms with Crippen LogP contribution in [0.15, 0.2) is 0 Å². The van der Waals surface area contributed by atoms with Gasteiger partial charge in [0.2, 0.25) is 0 Å². The molecule has 6 heteroatoms. The van der Waals surface area contributed by atoms with Crippen LogP contribution >= 0.6 is 0 Å². The molecule has 338 valence electrons. The molecule has 0 aliphatic rings. The monoisotopic (exact) mass is 807 g/mol. The van der Waals surface area contributed by atoms with Gasteiger partial charge in [-0.25, -0.2) is 0 Å². The van der Waals surface area contributed by atoms with Gasteiger partial charge in [0.1, 0.15) is 13.2 Å². The molecule has 0 N–H and O–H groups in total. The molecule has 0 aromatic carbocycles. The number of hydrogen-bond acceptors (Lipinski definition) is 6. The number of hydrogen-bond donors (Lipinski definition) is 0. The van der Waals surface area contributed by atoms with Crippen molar-refractivity contribution < 1.29 is 28.6 Å². The first-order valence-electron chi connectivity index (χ1n) is 25.4. The van der Waals surface area contributed by atoms with E-state index in [-0.39, 0.29) is 31.1 Å². The lowest BCUT2D eigenvalue weighted by Gasteiger charge is -2.18. The molecule has 0 spiro atoms. The number of carbonyl (C=O) groups excluding carboxylic acids is 3. The third-order valence-corrected chi connectivity index (χ3v) is 11.9.